The zero-order valence-corrected chi connectivity index (χ0v) is 13.8. The maximum absolute atomic E-state index is 13.4. The number of aromatic nitrogens is 2. The van der Waals surface area contributed by atoms with Gasteiger partial charge < -0.3 is 15.2 Å². The molecule has 2 saturated carbocycles. The Bertz CT molecular complexity index is 517. The molecule has 3 rings (SSSR count). The number of urea groups is 1. The summed E-state index contributed by atoms with van der Waals surface area (Å²) in [5.41, 5.74) is 0. The van der Waals surface area contributed by atoms with Crippen LogP contribution in [0.25, 0.3) is 0 Å². The molecular weight excluding hydrogens is 314 g/mol. The number of nitrogens with zero attached hydrogens (tertiary/aromatic N) is 2. The van der Waals surface area contributed by atoms with Crippen molar-refractivity contribution in [3.05, 3.63) is 18.7 Å². The molecule has 1 aromatic rings. The molecule has 2 N–H and O–H groups in total. The van der Waals surface area contributed by atoms with Crippen LogP contribution in [0.3, 0.4) is 0 Å². The Balaban J connectivity index is 1.57. The minimum absolute atomic E-state index is 0.0381. The van der Waals surface area contributed by atoms with E-state index in [0.29, 0.717) is 0 Å². The highest BCUT2D eigenvalue weighted by molar-refractivity contribution is 5.74. The quantitative estimate of drug-likeness (QED) is 0.862. The summed E-state index contributed by atoms with van der Waals surface area (Å²) in [5, 5.41) is 5.46. The van der Waals surface area contributed by atoms with E-state index in [1.807, 2.05) is 10.8 Å². The summed E-state index contributed by atoms with van der Waals surface area (Å²) in [7, 11) is 0. The molecule has 1 heterocycles. The summed E-state index contributed by atoms with van der Waals surface area (Å²) in [4.78, 5) is 16.3. The first-order valence-corrected chi connectivity index (χ1v) is 8.98. The second-order valence-corrected chi connectivity index (χ2v) is 6.99. The molecule has 0 aromatic carbocycles. The average molecular weight is 340 g/mol. The average Bonchev–Trinajstić information content (AvgIpc) is 3.24. The van der Waals surface area contributed by atoms with Gasteiger partial charge in [0, 0.05) is 12.4 Å². The van der Waals surface area contributed by atoms with Crippen LogP contribution < -0.4 is 10.6 Å². The molecule has 3 atom stereocenters. The van der Waals surface area contributed by atoms with Crippen molar-refractivity contribution in [3.63, 3.8) is 0 Å². The standard InChI is InChI=1S/C17H26F2N4O/c18-16(19)15(12-5-2-1-3-6-12)22-17(24)21-13-7-4-8-14(13)23-10-9-20-11-23/h9-16H,1-8H2,(H2,21,22,24)/t13-,14+,15?/m1/s1. The highest BCUT2D eigenvalue weighted by atomic mass is 19.3. The summed E-state index contributed by atoms with van der Waals surface area (Å²) < 4.78 is 28.8. The van der Waals surface area contributed by atoms with Crippen LogP contribution in [0.5, 0.6) is 0 Å². The van der Waals surface area contributed by atoms with Crippen LogP contribution in [0.4, 0.5) is 13.6 Å². The number of imidazole rings is 1. The van der Waals surface area contributed by atoms with E-state index in [1.54, 1.807) is 12.5 Å². The van der Waals surface area contributed by atoms with Gasteiger partial charge >= 0.3 is 6.03 Å². The third-order valence-electron chi connectivity index (χ3n) is 5.43. The van der Waals surface area contributed by atoms with E-state index in [9.17, 15) is 13.6 Å². The number of hydrogen-bond donors (Lipinski definition) is 2. The fourth-order valence-electron chi connectivity index (χ4n) is 4.17. The van der Waals surface area contributed by atoms with Gasteiger partial charge in [-0.2, -0.15) is 0 Å². The lowest BCUT2D eigenvalue weighted by molar-refractivity contribution is 0.0618. The molecule has 1 unspecified atom stereocenters. The van der Waals surface area contributed by atoms with Crippen molar-refractivity contribution in [1.29, 1.82) is 0 Å². The molecule has 134 valence electrons. The summed E-state index contributed by atoms with van der Waals surface area (Å²) in [6.07, 6.45) is 10.2. The van der Waals surface area contributed by atoms with Crippen molar-refractivity contribution in [2.45, 2.75) is 75.9 Å². The first-order chi connectivity index (χ1) is 11.6. The lowest BCUT2D eigenvalue weighted by Gasteiger charge is -2.31. The van der Waals surface area contributed by atoms with Crippen LogP contribution in [0.1, 0.15) is 57.4 Å². The number of hydrogen-bond acceptors (Lipinski definition) is 2. The molecule has 2 aliphatic carbocycles. The van der Waals surface area contributed by atoms with Crippen LogP contribution in [0.15, 0.2) is 18.7 Å². The van der Waals surface area contributed by atoms with Gasteiger partial charge in [0.05, 0.1) is 24.5 Å². The number of nitrogens with one attached hydrogen (secondary N) is 2. The van der Waals surface area contributed by atoms with Gasteiger partial charge in [0.25, 0.3) is 6.43 Å². The highest BCUT2D eigenvalue weighted by Crippen LogP contribution is 2.31. The summed E-state index contributed by atoms with van der Waals surface area (Å²) in [6.45, 7) is 0. The molecule has 0 radical (unpaired) electrons. The third kappa shape index (κ3) is 4.05. The molecule has 2 fully saturated rings. The van der Waals surface area contributed by atoms with E-state index >= 15 is 0 Å². The zero-order chi connectivity index (χ0) is 16.9. The van der Waals surface area contributed by atoms with Crippen LogP contribution in [0, 0.1) is 5.92 Å². The van der Waals surface area contributed by atoms with Crippen LogP contribution in [-0.2, 0) is 0 Å². The van der Waals surface area contributed by atoms with Gasteiger partial charge in [-0.15, -0.1) is 0 Å². The minimum atomic E-state index is -2.52. The van der Waals surface area contributed by atoms with Crippen molar-refractivity contribution in [2.24, 2.45) is 5.92 Å². The number of carbonyl (C=O) groups excluding carboxylic acids is 1. The second kappa shape index (κ2) is 7.94. The first kappa shape index (κ1) is 17.2. The zero-order valence-electron chi connectivity index (χ0n) is 13.8. The van der Waals surface area contributed by atoms with Gasteiger partial charge in [0.15, 0.2) is 0 Å². The Hall–Kier alpha value is -1.66. The Labute approximate surface area is 141 Å². The molecule has 0 bridgehead atoms. The molecule has 1 aromatic heterocycles. The van der Waals surface area contributed by atoms with Crippen LogP contribution >= 0.6 is 0 Å². The van der Waals surface area contributed by atoms with Crippen molar-refractivity contribution < 1.29 is 13.6 Å². The van der Waals surface area contributed by atoms with Crippen molar-refractivity contribution in [1.82, 2.24) is 20.2 Å². The smallest absolute Gasteiger partial charge is 0.315 e. The second-order valence-electron chi connectivity index (χ2n) is 6.99. The topological polar surface area (TPSA) is 59.0 Å². The Morgan fingerprint density at radius 3 is 2.58 bits per heavy atom. The van der Waals surface area contributed by atoms with Crippen LogP contribution in [-0.4, -0.2) is 34.1 Å². The SMILES string of the molecule is O=C(NC(C(F)F)C1CCCCC1)N[C@@H]1CCC[C@@H]1n1ccnc1. The summed E-state index contributed by atoms with van der Waals surface area (Å²) in [6, 6.07) is -1.40. The molecule has 7 heteroatoms. The first-order valence-electron chi connectivity index (χ1n) is 8.98. The number of alkyl halides is 2. The van der Waals surface area contributed by atoms with E-state index in [4.69, 9.17) is 0 Å². The Kier molecular flexibility index (Phi) is 5.68. The minimum Gasteiger partial charge on any atom is -0.333 e. The predicted molar refractivity (Wildman–Crippen MR) is 86.9 cm³/mol. The van der Waals surface area contributed by atoms with E-state index in [-0.39, 0.29) is 18.0 Å². The van der Waals surface area contributed by atoms with E-state index in [2.05, 4.69) is 15.6 Å². The maximum Gasteiger partial charge on any atom is 0.315 e. The molecular formula is C17H26F2N4O. The van der Waals surface area contributed by atoms with Crippen molar-refractivity contribution in [3.8, 4) is 0 Å². The van der Waals surface area contributed by atoms with Gasteiger partial charge in [-0.05, 0) is 38.0 Å². The van der Waals surface area contributed by atoms with Gasteiger partial charge in [-0.25, -0.2) is 18.6 Å². The molecule has 0 spiro atoms. The van der Waals surface area contributed by atoms with Gasteiger partial charge in [0.2, 0.25) is 0 Å². The lowest BCUT2D eigenvalue weighted by Crippen LogP contribution is -2.52. The largest absolute Gasteiger partial charge is 0.333 e. The van der Waals surface area contributed by atoms with Gasteiger partial charge in [-0.1, -0.05) is 19.3 Å². The monoisotopic (exact) mass is 340 g/mol. The Morgan fingerprint density at radius 1 is 1.12 bits per heavy atom. The third-order valence-corrected chi connectivity index (χ3v) is 5.43. The lowest BCUT2D eigenvalue weighted by atomic mass is 9.84. The Morgan fingerprint density at radius 2 is 1.92 bits per heavy atom. The predicted octanol–water partition coefficient (Wildman–Crippen LogP) is 3.49. The van der Waals surface area contributed by atoms with Crippen molar-refractivity contribution in [2.75, 3.05) is 0 Å². The number of halogens is 2. The summed E-state index contributed by atoms with van der Waals surface area (Å²) >= 11 is 0. The normalized spacial score (nSPS) is 26.5. The molecule has 5 nitrogen and oxygen atoms in total. The van der Waals surface area contributed by atoms with E-state index in [0.717, 1.165) is 51.4 Å². The fraction of sp³-hybridized carbons (Fsp3) is 0.765. The maximum atomic E-state index is 13.4. The number of amides is 2. The molecule has 24 heavy (non-hydrogen) atoms. The van der Waals surface area contributed by atoms with Gasteiger partial charge in [-0.3, -0.25) is 0 Å². The number of carbonyl (C=O) groups is 1. The molecule has 2 aliphatic rings. The molecule has 0 aliphatic heterocycles. The molecule has 0 saturated heterocycles. The summed E-state index contributed by atoms with van der Waals surface area (Å²) in [5.74, 6) is -0.113. The van der Waals surface area contributed by atoms with Gasteiger partial charge in [0.1, 0.15) is 0 Å². The molecule has 2 amide bonds. The van der Waals surface area contributed by atoms with Crippen molar-refractivity contribution >= 4 is 6.03 Å². The fourth-order valence-corrected chi connectivity index (χ4v) is 4.17. The highest BCUT2D eigenvalue weighted by Gasteiger charge is 2.34. The van der Waals surface area contributed by atoms with Crippen LogP contribution in [0.2, 0.25) is 0 Å². The van der Waals surface area contributed by atoms with E-state index < -0.39 is 18.5 Å². The van der Waals surface area contributed by atoms with E-state index in [1.165, 1.54) is 0 Å². The number of rotatable bonds is 5.